The first-order chi connectivity index (χ1) is 7.76. The average Bonchev–Trinajstić information content (AvgIpc) is 2.64. The SMILES string of the molecule is CC(C)OC(=O)CN1C(=O)C2C(C1=O)C2(C)C. The molecule has 0 spiro atoms. The van der Waals surface area contributed by atoms with E-state index in [1.807, 2.05) is 13.8 Å². The van der Waals surface area contributed by atoms with Crippen LogP contribution in [0.25, 0.3) is 0 Å². The van der Waals surface area contributed by atoms with Crippen LogP contribution in [-0.4, -0.2) is 35.3 Å². The maximum Gasteiger partial charge on any atom is 0.326 e. The van der Waals surface area contributed by atoms with Crippen molar-refractivity contribution in [1.29, 1.82) is 0 Å². The van der Waals surface area contributed by atoms with Crippen molar-refractivity contribution in [3.63, 3.8) is 0 Å². The van der Waals surface area contributed by atoms with Crippen LogP contribution in [0.2, 0.25) is 0 Å². The molecule has 0 aromatic carbocycles. The molecule has 0 aromatic rings. The van der Waals surface area contributed by atoms with Crippen molar-refractivity contribution in [2.45, 2.75) is 33.8 Å². The molecule has 2 unspecified atom stereocenters. The molecule has 2 rings (SSSR count). The van der Waals surface area contributed by atoms with Gasteiger partial charge in [-0.05, 0) is 19.3 Å². The van der Waals surface area contributed by atoms with E-state index >= 15 is 0 Å². The summed E-state index contributed by atoms with van der Waals surface area (Å²) in [5, 5.41) is 0. The number of hydrogen-bond donors (Lipinski definition) is 0. The van der Waals surface area contributed by atoms with Gasteiger partial charge in [0.1, 0.15) is 6.54 Å². The molecule has 0 N–H and O–H groups in total. The van der Waals surface area contributed by atoms with Crippen LogP contribution in [-0.2, 0) is 19.1 Å². The molecule has 1 aliphatic carbocycles. The van der Waals surface area contributed by atoms with Crippen molar-refractivity contribution < 1.29 is 19.1 Å². The topological polar surface area (TPSA) is 63.7 Å². The highest BCUT2D eigenvalue weighted by Crippen LogP contribution is 2.63. The minimum Gasteiger partial charge on any atom is -0.462 e. The van der Waals surface area contributed by atoms with Crippen LogP contribution in [0.4, 0.5) is 0 Å². The highest BCUT2D eigenvalue weighted by molar-refractivity contribution is 6.11. The van der Waals surface area contributed by atoms with Gasteiger partial charge in [0.25, 0.3) is 0 Å². The van der Waals surface area contributed by atoms with Crippen molar-refractivity contribution in [1.82, 2.24) is 4.90 Å². The van der Waals surface area contributed by atoms with Gasteiger partial charge >= 0.3 is 5.97 Å². The van der Waals surface area contributed by atoms with Crippen LogP contribution in [0.1, 0.15) is 27.7 Å². The van der Waals surface area contributed by atoms with E-state index in [1.165, 1.54) is 0 Å². The second kappa shape index (κ2) is 3.55. The van der Waals surface area contributed by atoms with E-state index in [0.29, 0.717) is 0 Å². The molecule has 5 heteroatoms. The normalized spacial score (nSPS) is 29.6. The van der Waals surface area contributed by atoms with Gasteiger partial charge in [-0.25, -0.2) is 0 Å². The average molecular weight is 239 g/mol. The molecule has 0 radical (unpaired) electrons. The predicted molar refractivity (Wildman–Crippen MR) is 58.7 cm³/mol. The molecule has 17 heavy (non-hydrogen) atoms. The number of rotatable bonds is 3. The van der Waals surface area contributed by atoms with Crippen molar-refractivity contribution >= 4 is 17.8 Å². The molecule has 94 valence electrons. The lowest BCUT2D eigenvalue weighted by atomic mass is 10.1. The molecule has 5 nitrogen and oxygen atoms in total. The van der Waals surface area contributed by atoms with E-state index in [9.17, 15) is 14.4 Å². The second-order valence-corrected chi connectivity index (χ2v) is 5.58. The Morgan fingerprint density at radius 3 is 2.18 bits per heavy atom. The van der Waals surface area contributed by atoms with Gasteiger partial charge in [-0.3, -0.25) is 19.3 Å². The highest BCUT2D eigenvalue weighted by atomic mass is 16.5. The number of likely N-dealkylation sites (tertiary alicyclic amines) is 1. The number of amides is 2. The van der Waals surface area contributed by atoms with Crippen molar-refractivity contribution in [3.8, 4) is 0 Å². The summed E-state index contributed by atoms with van der Waals surface area (Å²) in [5.74, 6) is -1.46. The molecule has 2 atom stereocenters. The number of hydrogen-bond acceptors (Lipinski definition) is 4. The summed E-state index contributed by atoms with van der Waals surface area (Å²) in [6.07, 6.45) is -0.235. The van der Waals surface area contributed by atoms with Crippen molar-refractivity contribution in [3.05, 3.63) is 0 Å². The zero-order valence-electron chi connectivity index (χ0n) is 10.5. The van der Waals surface area contributed by atoms with Crippen LogP contribution in [0.3, 0.4) is 0 Å². The maximum absolute atomic E-state index is 11.9. The largest absolute Gasteiger partial charge is 0.462 e. The number of fused-ring (bicyclic) bond motifs is 1. The molecule has 1 saturated carbocycles. The molecule has 1 saturated heterocycles. The van der Waals surface area contributed by atoms with Gasteiger partial charge in [0, 0.05) is 0 Å². The Morgan fingerprint density at radius 1 is 1.29 bits per heavy atom. The third kappa shape index (κ3) is 1.73. The minimum atomic E-state index is -0.527. The third-order valence-corrected chi connectivity index (χ3v) is 3.55. The molecule has 2 aliphatic rings. The summed E-state index contributed by atoms with van der Waals surface area (Å²) in [6, 6.07) is 0. The molecule has 1 heterocycles. The summed E-state index contributed by atoms with van der Waals surface area (Å²) in [4.78, 5) is 36.2. The Balaban J connectivity index is 2.00. The summed E-state index contributed by atoms with van der Waals surface area (Å²) in [5.41, 5.74) is -0.230. The predicted octanol–water partition coefficient (Wildman–Crippen LogP) is 0.579. The van der Waals surface area contributed by atoms with E-state index in [1.54, 1.807) is 13.8 Å². The molecule has 2 fully saturated rings. The number of imide groups is 1. The summed E-state index contributed by atoms with van der Waals surface area (Å²) < 4.78 is 4.93. The van der Waals surface area contributed by atoms with Gasteiger partial charge in [0.15, 0.2) is 0 Å². The first-order valence-electron chi connectivity index (χ1n) is 5.81. The second-order valence-electron chi connectivity index (χ2n) is 5.58. The Morgan fingerprint density at radius 2 is 1.76 bits per heavy atom. The van der Waals surface area contributed by atoms with Gasteiger partial charge in [-0.2, -0.15) is 0 Å². The fourth-order valence-electron chi connectivity index (χ4n) is 2.59. The van der Waals surface area contributed by atoms with Crippen molar-refractivity contribution in [2.75, 3.05) is 6.54 Å². The zero-order valence-corrected chi connectivity index (χ0v) is 10.5. The first kappa shape index (κ1) is 12.1. The fraction of sp³-hybridized carbons (Fsp3) is 0.750. The third-order valence-electron chi connectivity index (χ3n) is 3.55. The van der Waals surface area contributed by atoms with Gasteiger partial charge < -0.3 is 4.74 Å². The Labute approximate surface area is 100 Å². The lowest BCUT2D eigenvalue weighted by molar-refractivity contribution is -0.156. The minimum absolute atomic E-state index is 0.230. The van der Waals surface area contributed by atoms with E-state index in [4.69, 9.17) is 4.74 Å². The number of carbonyl (C=O) groups excluding carboxylic acids is 3. The molecule has 1 aliphatic heterocycles. The van der Waals surface area contributed by atoms with Gasteiger partial charge in [-0.15, -0.1) is 0 Å². The lowest BCUT2D eigenvalue weighted by Crippen LogP contribution is -2.40. The van der Waals surface area contributed by atoms with E-state index in [0.717, 1.165) is 4.90 Å². The Bertz CT molecular complexity index is 375. The number of ether oxygens (including phenoxy) is 1. The number of carbonyl (C=O) groups is 3. The van der Waals surface area contributed by atoms with Gasteiger partial charge in [0.2, 0.25) is 11.8 Å². The van der Waals surface area contributed by atoms with E-state index < -0.39 is 5.97 Å². The monoisotopic (exact) mass is 239 g/mol. The molecule has 0 bridgehead atoms. The molecular weight excluding hydrogens is 222 g/mol. The van der Waals surface area contributed by atoms with Crippen LogP contribution in [0, 0.1) is 17.3 Å². The van der Waals surface area contributed by atoms with E-state index in [-0.39, 0.29) is 41.7 Å². The number of nitrogens with zero attached hydrogens (tertiary/aromatic N) is 1. The zero-order chi connectivity index (χ0) is 13.0. The first-order valence-corrected chi connectivity index (χ1v) is 5.81. The standard InChI is InChI=1S/C12H17NO4/c1-6(2)17-7(14)5-13-10(15)8-9(11(13)16)12(8,3)4/h6,8-9H,5H2,1-4H3. The van der Waals surface area contributed by atoms with Crippen LogP contribution < -0.4 is 0 Å². The summed E-state index contributed by atoms with van der Waals surface area (Å²) in [6.45, 7) is 7.01. The number of piperidine rings is 1. The Hall–Kier alpha value is -1.39. The maximum atomic E-state index is 11.9. The lowest BCUT2D eigenvalue weighted by Gasteiger charge is -2.20. The summed E-state index contributed by atoms with van der Waals surface area (Å²) in [7, 11) is 0. The van der Waals surface area contributed by atoms with Crippen molar-refractivity contribution in [2.24, 2.45) is 17.3 Å². The summed E-state index contributed by atoms with van der Waals surface area (Å²) >= 11 is 0. The smallest absolute Gasteiger partial charge is 0.326 e. The quantitative estimate of drug-likeness (QED) is 0.534. The van der Waals surface area contributed by atoms with E-state index in [2.05, 4.69) is 0 Å². The molecular formula is C12H17NO4. The van der Waals surface area contributed by atoms with Crippen LogP contribution in [0.5, 0.6) is 0 Å². The van der Waals surface area contributed by atoms with Crippen LogP contribution >= 0.6 is 0 Å². The Kier molecular flexibility index (Phi) is 2.52. The fourth-order valence-corrected chi connectivity index (χ4v) is 2.59. The highest BCUT2D eigenvalue weighted by Gasteiger charge is 2.72. The van der Waals surface area contributed by atoms with Gasteiger partial charge in [0.05, 0.1) is 17.9 Å². The molecule has 2 amide bonds. The van der Waals surface area contributed by atoms with Gasteiger partial charge in [-0.1, -0.05) is 13.8 Å². The number of esters is 1. The van der Waals surface area contributed by atoms with Crippen LogP contribution in [0.15, 0.2) is 0 Å². The molecule has 0 aromatic heterocycles.